The number of benzene rings is 1. The Morgan fingerprint density at radius 2 is 1.76 bits per heavy atom. The lowest BCUT2D eigenvalue weighted by Gasteiger charge is -2.40. The van der Waals surface area contributed by atoms with Gasteiger partial charge in [-0.15, -0.1) is 0 Å². The molecule has 1 aromatic rings. The zero-order chi connectivity index (χ0) is 15.0. The van der Waals surface area contributed by atoms with Gasteiger partial charge in [0.1, 0.15) is 11.9 Å². The fraction of sp³-hybridized carbons (Fsp3) is 0.625. The summed E-state index contributed by atoms with van der Waals surface area (Å²) in [6, 6.07) is 4.87. The van der Waals surface area contributed by atoms with Gasteiger partial charge in [0.05, 0.1) is 5.56 Å². The molecule has 2 aliphatic heterocycles. The molecule has 1 N–H and O–H groups in total. The van der Waals surface area contributed by atoms with E-state index in [2.05, 4.69) is 5.32 Å². The van der Waals surface area contributed by atoms with E-state index in [1.165, 1.54) is 6.42 Å². The summed E-state index contributed by atoms with van der Waals surface area (Å²) in [6.45, 7) is 1.67. The molecule has 116 valence electrons. The van der Waals surface area contributed by atoms with Crippen LogP contribution >= 0.6 is 0 Å². The van der Waals surface area contributed by atoms with Crippen LogP contribution in [0.15, 0.2) is 18.2 Å². The highest BCUT2D eigenvalue weighted by Gasteiger charge is 2.34. The molecule has 0 spiro atoms. The third-order valence-electron chi connectivity index (χ3n) is 4.35. The molecule has 0 aromatic heterocycles. The largest absolute Gasteiger partial charge is 0.490 e. The highest BCUT2D eigenvalue weighted by molar-refractivity contribution is 5.35. The lowest BCUT2D eigenvalue weighted by molar-refractivity contribution is -0.137. The smallest absolute Gasteiger partial charge is 0.416 e. The highest BCUT2D eigenvalue weighted by Crippen LogP contribution is 2.34. The van der Waals surface area contributed by atoms with E-state index in [4.69, 9.17) is 4.74 Å². The summed E-state index contributed by atoms with van der Waals surface area (Å²) in [7, 11) is 0. The van der Waals surface area contributed by atoms with Gasteiger partial charge in [0.2, 0.25) is 0 Å². The van der Waals surface area contributed by atoms with E-state index in [9.17, 15) is 13.2 Å². The predicted molar refractivity (Wildman–Crippen MR) is 74.4 cm³/mol. The average molecular weight is 299 g/mol. The van der Waals surface area contributed by atoms with E-state index in [1.54, 1.807) is 13.0 Å². The van der Waals surface area contributed by atoms with Gasteiger partial charge in [-0.25, -0.2) is 0 Å². The molecular formula is C16H20F3NO. The number of rotatable bonds is 2. The van der Waals surface area contributed by atoms with Crippen LogP contribution in [-0.4, -0.2) is 18.2 Å². The minimum atomic E-state index is -4.32. The number of hydrogen-bond acceptors (Lipinski definition) is 2. The normalized spacial score (nSPS) is 29.2. The second-order valence-corrected chi connectivity index (χ2v) is 6.24. The van der Waals surface area contributed by atoms with E-state index in [1.807, 2.05) is 0 Å². The maximum atomic E-state index is 12.8. The van der Waals surface area contributed by atoms with Crippen molar-refractivity contribution in [2.24, 2.45) is 0 Å². The van der Waals surface area contributed by atoms with Crippen LogP contribution in [0.5, 0.6) is 5.75 Å². The molecule has 5 heteroatoms. The number of halogens is 3. The van der Waals surface area contributed by atoms with Crippen molar-refractivity contribution in [3.8, 4) is 5.75 Å². The zero-order valence-corrected chi connectivity index (χ0v) is 12.0. The van der Waals surface area contributed by atoms with E-state index in [-0.39, 0.29) is 6.10 Å². The fourth-order valence-electron chi connectivity index (χ4n) is 3.48. The van der Waals surface area contributed by atoms with Crippen molar-refractivity contribution in [1.29, 1.82) is 0 Å². The summed E-state index contributed by atoms with van der Waals surface area (Å²) in [5.74, 6) is 0.340. The van der Waals surface area contributed by atoms with Crippen molar-refractivity contribution < 1.29 is 17.9 Å². The first-order chi connectivity index (χ1) is 9.90. The van der Waals surface area contributed by atoms with Gasteiger partial charge in [-0.2, -0.15) is 13.2 Å². The van der Waals surface area contributed by atoms with Crippen molar-refractivity contribution in [2.75, 3.05) is 0 Å². The molecule has 2 nitrogen and oxygen atoms in total. The fourth-order valence-corrected chi connectivity index (χ4v) is 3.48. The van der Waals surface area contributed by atoms with Gasteiger partial charge in [-0.05, 0) is 56.4 Å². The molecule has 2 bridgehead atoms. The summed E-state index contributed by atoms with van der Waals surface area (Å²) in [4.78, 5) is 0. The number of alkyl halides is 3. The van der Waals surface area contributed by atoms with Gasteiger partial charge >= 0.3 is 6.18 Å². The van der Waals surface area contributed by atoms with Crippen LogP contribution in [-0.2, 0) is 6.18 Å². The highest BCUT2D eigenvalue weighted by atomic mass is 19.4. The lowest BCUT2D eigenvalue weighted by atomic mass is 9.85. The molecule has 3 rings (SSSR count). The number of ether oxygens (including phenoxy) is 1. The van der Waals surface area contributed by atoms with Gasteiger partial charge in [0.25, 0.3) is 0 Å². The Kier molecular flexibility index (Phi) is 3.86. The second-order valence-electron chi connectivity index (χ2n) is 6.24. The first kappa shape index (κ1) is 14.7. The van der Waals surface area contributed by atoms with Crippen LogP contribution in [0, 0.1) is 6.92 Å². The van der Waals surface area contributed by atoms with Gasteiger partial charge in [-0.3, -0.25) is 0 Å². The number of piperidine rings is 2. The molecule has 1 unspecified atom stereocenters. The van der Waals surface area contributed by atoms with Gasteiger partial charge in [0, 0.05) is 12.1 Å². The number of aryl methyl sites for hydroxylation is 1. The third kappa shape index (κ3) is 3.51. The molecule has 2 heterocycles. The topological polar surface area (TPSA) is 21.3 Å². The summed E-state index contributed by atoms with van der Waals surface area (Å²) in [5, 5.41) is 3.56. The molecule has 0 radical (unpaired) electrons. The standard InChI is InChI=1S/C16H20F3NO/c1-10-5-11(16(17,18)19)7-14(6-10)21-15-8-12-3-2-4-13(9-15)20-12/h5-7,12-13,15,20H,2-4,8-9H2,1H3/t12-,13+,15?. The molecule has 21 heavy (non-hydrogen) atoms. The molecule has 0 amide bonds. The quantitative estimate of drug-likeness (QED) is 0.889. The molecule has 2 fully saturated rings. The monoisotopic (exact) mass is 299 g/mol. The summed E-state index contributed by atoms with van der Waals surface area (Å²) >= 11 is 0. The van der Waals surface area contributed by atoms with Crippen molar-refractivity contribution in [1.82, 2.24) is 5.32 Å². The Balaban J connectivity index is 1.74. The van der Waals surface area contributed by atoms with Gasteiger partial charge < -0.3 is 10.1 Å². The first-order valence-corrected chi connectivity index (χ1v) is 7.52. The van der Waals surface area contributed by atoms with E-state index < -0.39 is 11.7 Å². The second kappa shape index (κ2) is 5.52. The summed E-state index contributed by atoms with van der Waals surface area (Å²) < 4.78 is 44.4. The average Bonchev–Trinajstić information content (AvgIpc) is 2.36. The number of nitrogens with one attached hydrogen (secondary N) is 1. The molecule has 2 aliphatic rings. The number of hydrogen-bond donors (Lipinski definition) is 1. The zero-order valence-electron chi connectivity index (χ0n) is 12.0. The van der Waals surface area contributed by atoms with Crippen LogP contribution in [0.3, 0.4) is 0 Å². The molecule has 1 aromatic carbocycles. The molecule has 0 aliphatic carbocycles. The maximum absolute atomic E-state index is 12.8. The molecule has 0 saturated carbocycles. The van der Waals surface area contributed by atoms with Crippen molar-refractivity contribution >= 4 is 0 Å². The maximum Gasteiger partial charge on any atom is 0.416 e. The minimum absolute atomic E-state index is 0.0180. The van der Waals surface area contributed by atoms with Crippen LogP contribution in [0.2, 0.25) is 0 Å². The van der Waals surface area contributed by atoms with Crippen molar-refractivity contribution in [3.63, 3.8) is 0 Å². The molecule has 3 atom stereocenters. The van der Waals surface area contributed by atoms with Crippen LogP contribution in [0.25, 0.3) is 0 Å². The Bertz CT molecular complexity index is 503. The van der Waals surface area contributed by atoms with Crippen LogP contribution in [0.1, 0.15) is 43.2 Å². The van der Waals surface area contributed by atoms with Gasteiger partial charge in [-0.1, -0.05) is 6.42 Å². The van der Waals surface area contributed by atoms with Crippen molar-refractivity contribution in [3.05, 3.63) is 29.3 Å². The first-order valence-electron chi connectivity index (χ1n) is 7.52. The van der Waals surface area contributed by atoms with Crippen LogP contribution < -0.4 is 10.1 Å². The van der Waals surface area contributed by atoms with Crippen molar-refractivity contribution in [2.45, 2.75) is 63.4 Å². The van der Waals surface area contributed by atoms with Crippen LogP contribution in [0.4, 0.5) is 13.2 Å². The third-order valence-corrected chi connectivity index (χ3v) is 4.35. The Labute approximate surface area is 122 Å². The SMILES string of the molecule is Cc1cc(OC2C[C@H]3CCC[C@@H](C2)N3)cc(C(F)(F)F)c1. The Hall–Kier alpha value is -1.23. The lowest BCUT2D eigenvalue weighted by Crippen LogP contribution is -2.51. The number of fused-ring (bicyclic) bond motifs is 2. The Morgan fingerprint density at radius 3 is 2.38 bits per heavy atom. The molecule has 2 saturated heterocycles. The summed E-state index contributed by atoms with van der Waals surface area (Å²) in [6.07, 6.45) is 0.962. The van der Waals surface area contributed by atoms with E-state index in [0.717, 1.165) is 37.8 Å². The van der Waals surface area contributed by atoms with Gasteiger partial charge in [0.15, 0.2) is 0 Å². The minimum Gasteiger partial charge on any atom is -0.490 e. The molecular weight excluding hydrogens is 279 g/mol. The summed E-state index contributed by atoms with van der Waals surface area (Å²) in [5.41, 5.74) is -0.0550. The Morgan fingerprint density at radius 1 is 1.10 bits per heavy atom. The van der Waals surface area contributed by atoms with E-state index in [0.29, 0.717) is 23.4 Å². The predicted octanol–water partition coefficient (Wildman–Crippen LogP) is 4.07. The van der Waals surface area contributed by atoms with E-state index >= 15 is 0 Å².